The first-order valence-corrected chi connectivity index (χ1v) is 7.37. The average molecular weight is 334 g/mol. The SMILES string of the molecule is COCCCN1C(=O)C(O)=C(C(C)=O)[C@@H]1c1ccccc1[N+](=O)[O-]. The summed E-state index contributed by atoms with van der Waals surface area (Å²) in [7, 11) is 1.52. The lowest BCUT2D eigenvalue weighted by molar-refractivity contribution is -0.385. The van der Waals surface area contributed by atoms with E-state index in [4.69, 9.17) is 4.74 Å². The van der Waals surface area contributed by atoms with Crippen LogP contribution in [0.2, 0.25) is 0 Å². The number of methoxy groups -OCH3 is 1. The lowest BCUT2D eigenvalue weighted by Crippen LogP contribution is -2.32. The third-order valence-corrected chi connectivity index (χ3v) is 3.86. The zero-order chi connectivity index (χ0) is 17.9. The van der Waals surface area contributed by atoms with E-state index >= 15 is 0 Å². The van der Waals surface area contributed by atoms with Gasteiger partial charge in [0.1, 0.15) is 0 Å². The maximum absolute atomic E-state index is 12.3. The Kier molecular flexibility index (Phi) is 5.30. The van der Waals surface area contributed by atoms with Crippen molar-refractivity contribution in [3.8, 4) is 0 Å². The molecular weight excluding hydrogens is 316 g/mol. The number of nitrogens with zero attached hydrogens (tertiary/aromatic N) is 2. The number of para-hydroxylation sites is 1. The standard InChI is InChI=1S/C16H18N2O6/c1-10(19)13-14(11-6-3-4-7-12(11)18(22)23)17(8-5-9-24-2)16(21)15(13)20/h3-4,6-7,14,20H,5,8-9H2,1-2H3/t14-/m0/s1. The van der Waals surface area contributed by atoms with E-state index in [0.717, 1.165) is 0 Å². The Hall–Kier alpha value is -2.74. The molecule has 0 spiro atoms. The molecule has 1 aliphatic rings. The van der Waals surface area contributed by atoms with Crippen LogP contribution in [0.5, 0.6) is 0 Å². The first kappa shape index (κ1) is 17.6. The highest BCUT2D eigenvalue weighted by molar-refractivity contribution is 6.08. The highest BCUT2D eigenvalue weighted by Crippen LogP contribution is 2.41. The summed E-state index contributed by atoms with van der Waals surface area (Å²) in [5.41, 5.74) is -0.130. The Morgan fingerprint density at radius 2 is 2.08 bits per heavy atom. The van der Waals surface area contributed by atoms with E-state index in [-0.39, 0.29) is 23.4 Å². The molecular formula is C16H18N2O6. The lowest BCUT2D eigenvalue weighted by atomic mass is 9.95. The molecule has 1 aliphatic heterocycles. The van der Waals surface area contributed by atoms with Gasteiger partial charge >= 0.3 is 0 Å². The first-order chi connectivity index (χ1) is 11.4. The van der Waals surface area contributed by atoms with Crippen LogP contribution >= 0.6 is 0 Å². The minimum absolute atomic E-state index is 0.119. The number of ether oxygens (including phenoxy) is 1. The number of aliphatic hydroxyl groups excluding tert-OH is 1. The second-order valence-electron chi connectivity index (χ2n) is 5.38. The van der Waals surface area contributed by atoms with Crippen LogP contribution in [-0.4, -0.2) is 46.9 Å². The molecule has 0 unspecified atom stereocenters. The molecule has 1 amide bonds. The number of benzene rings is 1. The van der Waals surface area contributed by atoms with Crippen LogP contribution in [0.1, 0.15) is 24.9 Å². The molecule has 2 rings (SSSR count). The van der Waals surface area contributed by atoms with Gasteiger partial charge in [-0.3, -0.25) is 19.7 Å². The minimum atomic E-state index is -0.978. The van der Waals surface area contributed by atoms with Crippen molar-refractivity contribution in [1.82, 2.24) is 4.90 Å². The predicted molar refractivity (Wildman–Crippen MR) is 84.4 cm³/mol. The first-order valence-electron chi connectivity index (χ1n) is 7.37. The summed E-state index contributed by atoms with van der Waals surface area (Å²) in [6.45, 7) is 1.80. The number of nitro benzene ring substituents is 1. The van der Waals surface area contributed by atoms with Crippen LogP contribution in [0.3, 0.4) is 0 Å². The van der Waals surface area contributed by atoms with Crippen molar-refractivity contribution in [2.24, 2.45) is 0 Å². The lowest BCUT2D eigenvalue weighted by Gasteiger charge is -2.26. The van der Waals surface area contributed by atoms with Gasteiger partial charge in [0.25, 0.3) is 11.6 Å². The van der Waals surface area contributed by atoms with Gasteiger partial charge in [0, 0.05) is 26.3 Å². The molecule has 1 aromatic carbocycles. The molecule has 1 aromatic rings. The summed E-state index contributed by atoms with van der Waals surface area (Å²) < 4.78 is 4.95. The number of ketones is 1. The van der Waals surface area contributed by atoms with Crippen molar-refractivity contribution in [3.63, 3.8) is 0 Å². The van der Waals surface area contributed by atoms with Crippen molar-refractivity contribution < 1.29 is 24.4 Å². The molecule has 0 bridgehead atoms. The molecule has 0 aromatic heterocycles. The molecule has 1 atom stereocenters. The van der Waals surface area contributed by atoms with Gasteiger partial charge in [0.05, 0.1) is 22.1 Å². The number of aliphatic hydroxyl groups is 1. The molecule has 8 heteroatoms. The summed E-state index contributed by atoms with van der Waals surface area (Å²) >= 11 is 0. The van der Waals surface area contributed by atoms with Crippen molar-refractivity contribution >= 4 is 17.4 Å². The summed E-state index contributed by atoms with van der Waals surface area (Å²) in [6.07, 6.45) is 0.470. The van der Waals surface area contributed by atoms with E-state index in [2.05, 4.69) is 0 Å². The van der Waals surface area contributed by atoms with Crippen LogP contribution in [0.15, 0.2) is 35.6 Å². The number of carbonyl (C=O) groups is 2. The smallest absolute Gasteiger partial charge is 0.290 e. The van der Waals surface area contributed by atoms with E-state index in [1.165, 1.54) is 37.1 Å². The highest BCUT2D eigenvalue weighted by Gasteiger charge is 2.44. The van der Waals surface area contributed by atoms with Crippen LogP contribution in [0, 0.1) is 10.1 Å². The number of carbonyl (C=O) groups excluding carboxylic acids is 2. The molecule has 1 N–H and O–H groups in total. The van der Waals surface area contributed by atoms with Gasteiger partial charge in [-0.05, 0) is 19.4 Å². The second kappa shape index (κ2) is 7.22. The second-order valence-corrected chi connectivity index (χ2v) is 5.38. The molecule has 24 heavy (non-hydrogen) atoms. The summed E-state index contributed by atoms with van der Waals surface area (Å²) in [5, 5.41) is 21.4. The van der Waals surface area contributed by atoms with E-state index in [1.807, 2.05) is 0 Å². The quantitative estimate of drug-likeness (QED) is 0.463. The molecule has 1 heterocycles. The summed E-state index contributed by atoms with van der Waals surface area (Å²) in [6, 6.07) is 4.91. The number of rotatable bonds is 7. The summed E-state index contributed by atoms with van der Waals surface area (Å²) in [5.74, 6) is -1.86. The van der Waals surface area contributed by atoms with Gasteiger partial charge in [-0.25, -0.2) is 0 Å². The summed E-state index contributed by atoms with van der Waals surface area (Å²) in [4.78, 5) is 36.3. The van der Waals surface area contributed by atoms with Crippen molar-refractivity contribution in [2.75, 3.05) is 20.3 Å². The largest absolute Gasteiger partial charge is 0.503 e. The van der Waals surface area contributed by atoms with Gasteiger partial charge in [0.2, 0.25) is 0 Å². The van der Waals surface area contributed by atoms with E-state index in [1.54, 1.807) is 6.07 Å². The van der Waals surface area contributed by atoms with Gasteiger partial charge in [-0.1, -0.05) is 12.1 Å². The van der Waals surface area contributed by atoms with Crippen molar-refractivity contribution in [1.29, 1.82) is 0 Å². The number of amides is 1. The Labute approximate surface area is 138 Å². The topological polar surface area (TPSA) is 110 Å². The molecule has 128 valence electrons. The van der Waals surface area contributed by atoms with Gasteiger partial charge in [-0.2, -0.15) is 0 Å². The fourth-order valence-corrected chi connectivity index (χ4v) is 2.83. The van der Waals surface area contributed by atoms with Crippen molar-refractivity contribution in [3.05, 3.63) is 51.3 Å². The fraction of sp³-hybridized carbons (Fsp3) is 0.375. The molecule has 8 nitrogen and oxygen atoms in total. The Morgan fingerprint density at radius 3 is 2.67 bits per heavy atom. The van der Waals surface area contributed by atoms with Gasteiger partial charge < -0.3 is 14.7 Å². The zero-order valence-corrected chi connectivity index (χ0v) is 13.4. The minimum Gasteiger partial charge on any atom is -0.503 e. The number of hydrogen-bond acceptors (Lipinski definition) is 6. The van der Waals surface area contributed by atoms with Crippen LogP contribution in [0.4, 0.5) is 5.69 Å². The third-order valence-electron chi connectivity index (χ3n) is 3.86. The number of Topliss-reactive ketones (excluding diaryl/α,β-unsaturated/α-hetero) is 1. The van der Waals surface area contributed by atoms with E-state index < -0.39 is 28.4 Å². The molecule has 0 fully saturated rings. The average Bonchev–Trinajstić information content (AvgIpc) is 2.80. The Bertz CT molecular complexity index is 712. The number of nitro groups is 1. The molecule has 0 aliphatic carbocycles. The molecule has 0 radical (unpaired) electrons. The van der Waals surface area contributed by atoms with Crippen LogP contribution in [-0.2, 0) is 14.3 Å². The Morgan fingerprint density at radius 1 is 1.42 bits per heavy atom. The monoisotopic (exact) mass is 334 g/mol. The highest BCUT2D eigenvalue weighted by atomic mass is 16.6. The molecule has 0 saturated heterocycles. The third kappa shape index (κ3) is 3.13. The van der Waals surface area contributed by atoms with Crippen molar-refractivity contribution in [2.45, 2.75) is 19.4 Å². The molecule has 0 saturated carbocycles. The maximum atomic E-state index is 12.3. The van der Waals surface area contributed by atoms with Crippen LogP contribution < -0.4 is 0 Å². The van der Waals surface area contributed by atoms with Gasteiger partial charge in [-0.15, -0.1) is 0 Å². The van der Waals surface area contributed by atoms with Crippen LogP contribution in [0.25, 0.3) is 0 Å². The normalized spacial score (nSPS) is 17.5. The maximum Gasteiger partial charge on any atom is 0.290 e. The zero-order valence-electron chi connectivity index (χ0n) is 13.4. The number of hydrogen-bond donors (Lipinski definition) is 1. The van der Waals surface area contributed by atoms with E-state index in [0.29, 0.717) is 13.0 Å². The van der Waals surface area contributed by atoms with Gasteiger partial charge in [0.15, 0.2) is 11.5 Å². The predicted octanol–water partition coefficient (Wildman–Crippen LogP) is 1.92. The Balaban J connectivity index is 2.53. The fourth-order valence-electron chi connectivity index (χ4n) is 2.83. The van der Waals surface area contributed by atoms with E-state index in [9.17, 15) is 24.8 Å².